The zero-order valence-electron chi connectivity index (χ0n) is 18.1. The Balaban J connectivity index is 1.44. The lowest BCUT2D eigenvalue weighted by Gasteiger charge is -2.49. The summed E-state index contributed by atoms with van der Waals surface area (Å²) in [5, 5.41) is 7.58. The molecule has 4 atom stereocenters. The van der Waals surface area contributed by atoms with Crippen LogP contribution in [-0.2, 0) is 11.8 Å². The molecule has 0 radical (unpaired) electrons. The summed E-state index contributed by atoms with van der Waals surface area (Å²) >= 11 is 0. The summed E-state index contributed by atoms with van der Waals surface area (Å²) in [7, 11) is 3.73. The summed E-state index contributed by atoms with van der Waals surface area (Å²) < 4.78 is 13.0. The van der Waals surface area contributed by atoms with Gasteiger partial charge in [0, 0.05) is 43.4 Å². The van der Waals surface area contributed by atoms with Gasteiger partial charge < -0.3 is 14.8 Å². The van der Waals surface area contributed by atoms with Crippen molar-refractivity contribution in [3.8, 4) is 17.0 Å². The topological polar surface area (TPSA) is 68.6 Å². The Kier molecular flexibility index (Phi) is 6.27. The lowest BCUT2D eigenvalue weighted by atomic mass is 9.74. The molecule has 2 bridgehead atoms. The van der Waals surface area contributed by atoms with Crippen LogP contribution in [0.15, 0.2) is 30.3 Å². The SMILES string of the molecule is CCCNC(=O)OCC1CC2CCN1CC2c1cc(-c2ccccc2OC)nn1C. The Morgan fingerprint density at radius 2 is 2.17 bits per heavy atom. The third-order valence-electron chi connectivity index (χ3n) is 6.48. The molecule has 3 aliphatic heterocycles. The normalized spacial score (nSPS) is 25.2. The van der Waals surface area contributed by atoms with Crippen LogP contribution in [0.5, 0.6) is 5.75 Å². The number of aryl methyl sites for hydroxylation is 1. The third-order valence-corrected chi connectivity index (χ3v) is 6.48. The van der Waals surface area contributed by atoms with E-state index in [4.69, 9.17) is 14.6 Å². The second-order valence-corrected chi connectivity index (χ2v) is 8.34. The minimum Gasteiger partial charge on any atom is -0.496 e. The Hall–Kier alpha value is -2.54. The van der Waals surface area contributed by atoms with Crippen LogP contribution in [0.2, 0.25) is 0 Å². The molecule has 3 fully saturated rings. The molecule has 5 rings (SSSR count). The van der Waals surface area contributed by atoms with Gasteiger partial charge in [-0.05, 0) is 49.9 Å². The van der Waals surface area contributed by atoms with E-state index in [1.54, 1.807) is 7.11 Å². The third kappa shape index (κ3) is 4.17. The summed E-state index contributed by atoms with van der Waals surface area (Å²) in [5.74, 6) is 1.88. The Bertz CT molecular complexity index is 881. The molecule has 30 heavy (non-hydrogen) atoms. The average molecular weight is 413 g/mol. The average Bonchev–Trinajstić information content (AvgIpc) is 3.17. The first-order valence-corrected chi connectivity index (χ1v) is 10.9. The molecule has 4 unspecified atom stereocenters. The number of nitrogens with one attached hydrogen (secondary N) is 1. The van der Waals surface area contributed by atoms with Gasteiger partial charge in [0.25, 0.3) is 0 Å². The van der Waals surface area contributed by atoms with Gasteiger partial charge in [-0.25, -0.2) is 4.79 Å². The molecule has 2 aromatic rings. The van der Waals surface area contributed by atoms with Gasteiger partial charge in [0.1, 0.15) is 12.4 Å². The number of benzene rings is 1. The van der Waals surface area contributed by atoms with Crippen molar-refractivity contribution in [1.82, 2.24) is 20.0 Å². The number of methoxy groups -OCH3 is 1. The van der Waals surface area contributed by atoms with E-state index in [1.807, 2.05) is 36.9 Å². The minimum atomic E-state index is -0.302. The predicted octanol–water partition coefficient (Wildman–Crippen LogP) is 3.41. The number of nitrogens with zero attached hydrogens (tertiary/aromatic N) is 3. The van der Waals surface area contributed by atoms with Gasteiger partial charge in [0.05, 0.1) is 12.8 Å². The molecule has 1 amide bonds. The molecule has 0 saturated carbocycles. The van der Waals surface area contributed by atoms with Crippen LogP contribution in [0.4, 0.5) is 4.79 Å². The number of piperidine rings is 3. The molecule has 7 heteroatoms. The van der Waals surface area contributed by atoms with Crippen LogP contribution >= 0.6 is 0 Å². The maximum absolute atomic E-state index is 11.8. The fourth-order valence-corrected chi connectivity index (χ4v) is 4.91. The first-order chi connectivity index (χ1) is 14.6. The summed E-state index contributed by atoms with van der Waals surface area (Å²) in [6, 6.07) is 10.5. The predicted molar refractivity (Wildman–Crippen MR) is 116 cm³/mol. The van der Waals surface area contributed by atoms with Crippen LogP contribution in [0.1, 0.15) is 37.8 Å². The van der Waals surface area contributed by atoms with Crippen molar-refractivity contribution in [3.05, 3.63) is 36.0 Å². The van der Waals surface area contributed by atoms with Gasteiger partial charge in [-0.2, -0.15) is 5.10 Å². The molecule has 0 spiro atoms. The molecule has 4 heterocycles. The highest BCUT2D eigenvalue weighted by Crippen LogP contribution is 2.43. The fourth-order valence-electron chi connectivity index (χ4n) is 4.91. The van der Waals surface area contributed by atoms with Crippen molar-refractivity contribution in [1.29, 1.82) is 0 Å². The van der Waals surface area contributed by atoms with E-state index in [-0.39, 0.29) is 6.09 Å². The van der Waals surface area contributed by atoms with Gasteiger partial charge in [-0.15, -0.1) is 0 Å². The van der Waals surface area contributed by atoms with E-state index >= 15 is 0 Å². The van der Waals surface area contributed by atoms with Crippen molar-refractivity contribution in [2.75, 3.05) is 33.4 Å². The number of para-hydroxylation sites is 1. The number of ether oxygens (including phenoxy) is 2. The highest BCUT2D eigenvalue weighted by molar-refractivity contribution is 5.67. The molecule has 3 aliphatic rings. The van der Waals surface area contributed by atoms with E-state index < -0.39 is 0 Å². The highest BCUT2D eigenvalue weighted by atomic mass is 16.5. The number of hydrogen-bond acceptors (Lipinski definition) is 5. The lowest BCUT2D eigenvalue weighted by molar-refractivity contribution is -0.00414. The summed E-state index contributed by atoms with van der Waals surface area (Å²) in [6.07, 6.45) is 2.85. The molecular formula is C23H32N4O3. The Morgan fingerprint density at radius 3 is 2.90 bits per heavy atom. The van der Waals surface area contributed by atoms with Crippen molar-refractivity contribution < 1.29 is 14.3 Å². The van der Waals surface area contributed by atoms with Gasteiger partial charge >= 0.3 is 6.09 Å². The number of rotatable bonds is 7. The summed E-state index contributed by atoms with van der Waals surface area (Å²) in [5.41, 5.74) is 3.24. The van der Waals surface area contributed by atoms with Gasteiger partial charge in [-0.3, -0.25) is 9.58 Å². The Morgan fingerprint density at radius 1 is 1.33 bits per heavy atom. The second-order valence-electron chi connectivity index (χ2n) is 8.34. The minimum absolute atomic E-state index is 0.302. The van der Waals surface area contributed by atoms with Crippen molar-refractivity contribution in [3.63, 3.8) is 0 Å². The molecule has 1 aromatic carbocycles. The number of fused-ring (bicyclic) bond motifs is 3. The first kappa shape index (κ1) is 20.7. The number of carbonyl (C=O) groups excluding carboxylic acids is 1. The van der Waals surface area contributed by atoms with E-state index in [2.05, 4.69) is 22.3 Å². The quantitative estimate of drug-likeness (QED) is 0.755. The molecule has 162 valence electrons. The highest BCUT2D eigenvalue weighted by Gasteiger charge is 2.42. The van der Waals surface area contributed by atoms with E-state index in [0.29, 0.717) is 31.0 Å². The number of alkyl carbamates (subject to hydrolysis) is 1. The van der Waals surface area contributed by atoms with Crippen molar-refractivity contribution in [2.45, 2.75) is 38.1 Å². The molecule has 1 aromatic heterocycles. The van der Waals surface area contributed by atoms with Gasteiger partial charge in [0.2, 0.25) is 0 Å². The molecule has 1 N–H and O–H groups in total. The van der Waals surface area contributed by atoms with Crippen LogP contribution < -0.4 is 10.1 Å². The fraction of sp³-hybridized carbons (Fsp3) is 0.565. The molecule has 0 aliphatic carbocycles. The maximum Gasteiger partial charge on any atom is 0.407 e. The number of aromatic nitrogens is 2. The Labute approximate surface area is 178 Å². The van der Waals surface area contributed by atoms with Crippen LogP contribution in [0.25, 0.3) is 11.3 Å². The zero-order chi connectivity index (χ0) is 21.1. The van der Waals surface area contributed by atoms with Gasteiger partial charge in [0.15, 0.2) is 0 Å². The van der Waals surface area contributed by atoms with Crippen LogP contribution in [-0.4, -0.2) is 60.2 Å². The van der Waals surface area contributed by atoms with Gasteiger partial charge in [-0.1, -0.05) is 19.1 Å². The zero-order valence-corrected chi connectivity index (χ0v) is 18.1. The van der Waals surface area contributed by atoms with Crippen molar-refractivity contribution in [2.24, 2.45) is 13.0 Å². The van der Waals surface area contributed by atoms with Crippen molar-refractivity contribution >= 4 is 6.09 Å². The molecule has 3 saturated heterocycles. The van der Waals surface area contributed by atoms with E-state index in [1.165, 1.54) is 12.1 Å². The monoisotopic (exact) mass is 412 g/mol. The van der Waals surface area contributed by atoms with E-state index in [0.717, 1.165) is 42.9 Å². The maximum atomic E-state index is 11.8. The number of amides is 1. The summed E-state index contributed by atoms with van der Waals surface area (Å²) in [6.45, 7) is 5.22. The second kappa shape index (κ2) is 9.08. The summed E-state index contributed by atoms with van der Waals surface area (Å²) in [4.78, 5) is 14.3. The lowest BCUT2D eigenvalue weighted by Crippen LogP contribution is -2.54. The van der Waals surface area contributed by atoms with E-state index in [9.17, 15) is 4.79 Å². The smallest absolute Gasteiger partial charge is 0.407 e. The number of hydrogen-bond donors (Lipinski definition) is 1. The molecule has 7 nitrogen and oxygen atoms in total. The van der Waals surface area contributed by atoms with Crippen LogP contribution in [0.3, 0.4) is 0 Å². The van der Waals surface area contributed by atoms with Crippen LogP contribution in [0, 0.1) is 5.92 Å². The number of carbonyl (C=O) groups is 1. The molecular weight excluding hydrogens is 380 g/mol. The first-order valence-electron chi connectivity index (χ1n) is 10.9. The largest absolute Gasteiger partial charge is 0.496 e. The standard InChI is InChI=1S/C23H32N4O3/c1-4-10-24-23(28)30-15-17-12-16-9-11-27(17)14-19(16)21-13-20(25-26(21)2)18-7-5-6-8-22(18)29-3/h5-8,13,16-17,19H,4,9-12,14-15H2,1-3H3,(H,24,28).